The number of anilines is 1. The van der Waals surface area contributed by atoms with E-state index in [1.165, 1.54) is 11.8 Å². The molecule has 3 amide bonds. The SMILES string of the molecule is CCOc1ccccc1NC(=O)CSC1NC(=O)CC(CC(N)=O)N1. The molecule has 1 aliphatic rings. The summed E-state index contributed by atoms with van der Waals surface area (Å²) in [5.41, 5.74) is 5.32. The van der Waals surface area contributed by atoms with Crippen molar-refractivity contribution in [2.24, 2.45) is 5.73 Å². The van der Waals surface area contributed by atoms with Crippen molar-refractivity contribution in [3.63, 3.8) is 0 Å². The Morgan fingerprint density at radius 2 is 2.16 bits per heavy atom. The summed E-state index contributed by atoms with van der Waals surface area (Å²) in [5.74, 6) is -0.133. The molecule has 1 heterocycles. The third-order valence-electron chi connectivity index (χ3n) is 3.40. The highest BCUT2D eigenvalue weighted by molar-refractivity contribution is 8.00. The fourth-order valence-corrected chi connectivity index (χ4v) is 3.30. The average Bonchev–Trinajstić information content (AvgIpc) is 2.54. The second kappa shape index (κ2) is 9.28. The van der Waals surface area contributed by atoms with Crippen LogP contribution >= 0.6 is 11.8 Å². The number of hydrogen-bond donors (Lipinski definition) is 4. The van der Waals surface area contributed by atoms with Gasteiger partial charge in [0.05, 0.1) is 18.0 Å². The van der Waals surface area contributed by atoms with Crippen molar-refractivity contribution >= 4 is 35.2 Å². The molecule has 1 aliphatic heterocycles. The zero-order valence-corrected chi connectivity index (χ0v) is 14.7. The second-order valence-electron chi connectivity index (χ2n) is 5.47. The Balaban J connectivity index is 1.85. The number of benzene rings is 1. The number of ether oxygens (including phenoxy) is 1. The maximum atomic E-state index is 12.2. The second-order valence-corrected chi connectivity index (χ2v) is 6.57. The molecular weight excluding hydrogens is 344 g/mol. The number of thioether (sulfide) groups is 1. The Morgan fingerprint density at radius 3 is 2.88 bits per heavy atom. The van der Waals surface area contributed by atoms with E-state index in [9.17, 15) is 14.4 Å². The minimum Gasteiger partial charge on any atom is -0.492 e. The van der Waals surface area contributed by atoms with Crippen molar-refractivity contribution in [3.05, 3.63) is 24.3 Å². The molecule has 2 atom stereocenters. The lowest BCUT2D eigenvalue weighted by molar-refractivity contribution is -0.124. The lowest BCUT2D eigenvalue weighted by atomic mass is 10.1. The van der Waals surface area contributed by atoms with E-state index in [4.69, 9.17) is 10.5 Å². The molecule has 1 fully saturated rings. The van der Waals surface area contributed by atoms with E-state index in [1.807, 2.05) is 19.1 Å². The Morgan fingerprint density at radius 1 is 1.40 bits per heavy atom. The number of nitrogens with two attached hydrogens (primary N) is 1. The molecule has 25 heavy (non-hydrogen) atoms. The number of amides is 3. The van der Waals surface area contributed by atoms with E-state index in [-0.39, 0.29) is 36.5 Å². The number of carbonyl (C=O) groups is 3. The lowest BCUT2D eigenvalue weighted by Crippen LogP contribution is -2.55. The fourth-order valence-electron chi connectivity index (χ4n) is 2.40. The Hall–Kier alpha value is -2.26. The van der Waals surface area contributed by atoms with Gasteiger partial charge in [-0.1, -0.05) is 12.1 Å². The van der Waals surface area contributed by atoms with E-state index in [2.05, 4.69) is 16.0 Å². The Kier molecular flexibility index (Phi) is 7.08. The standard InChI is InChI=1S/C16H22N4O4S/c1-2-24-12-6-4-3-5-11(12)19-15(23)9-25-16-18-10(7-13(17)21)8-14(22)20-16/h3-6,10,16,18H,2,7-9H2,1H3,(H2,17,21)(H,19,23)(H,20,22). The fraction of sp³-hybridized carbons (Fsp3) is 0.438. The minimum absolute atomic E-state index is 0.0818. The first kappa shape index (κ1) is 19.1. The van der Waals surface area contributed by atoms with Gasteiger partial charge in [-0.25, -0.2) is 0 Å². The Bertz CT molecular complexity index is 638. The molecular formula is C16H22N4O4S. The normalized spacial score (nSPS) is 19.8. The van der Waals surface area contributed by atoms with Gasteiger partial charge in [0.15, 0.2) is 0 Å². The van der Waals surface area contributed by atoms with Crippen molar-refractivity contribution in [3.8, 4) is 5.75 Å². The largest absolute Gasteiger partial charge is 0.492 e. The summed E-state index contributed by atoms with van der Waals surface area (Å²) < 4.78 is 5.46. The van der Waals surface area contributed by atoms with Gasteiger partial charge in [-0.2, -0.15) is 0 Å². The van der Waals surface area contributed by atoms with Crippen molar-refractivity contribution in [1.82, 2.24) is 10.6 Å². The van der Waals surface area contributed by atoms with E-state index in [1.54, 1.807) is 12.1 Å². The molecule has 136 valence electrons. The number of hydrogen-bond acceptors (Lipinski definition) is 6. The van der Waals surface area contributed by atoms with Crippen LogP contribution in [0.4, 0.5) is 5.69 Å². The molecule has 1 aromatic rings. The third-order valence-corrected chi connectivity index (χ3v) is 4.42. The van der Waals surface area contributed by atoms with Gasteiger partial charge in [-0.15, -0.1) is 11.8 Å². The average molecular weight is 366 g/mol. The van der Waals surface area contributed by atoms with Gasteiger partial charge >= 0.3 is 0 Å². The van der Waals surface area contributed by atoms with Crippen LogP contribution in [0.2, 0.25) is 0 Å². The lowest BCUT2D eigenvalue weighted by Gasteiger charge is -2.30. The summed E-state index contributed by atoms with van der Waals surface area (Å²) in [7, 11) is 0. The van der Waals surface area contributed by atoms with Crippen LogP contribution in [0.5, 0.6) is 5.75 Å². The van der Waals surface area contributed by atoms with Crippen LogP contribution in [-0.4, -0.2) is 41.6 Å². The predicted molar refractivity (Wildman–Crippen MR) is 96.0 cm³/mol. The summed E-state index contributed by atoms with van der Waals surface area (Å²) in [6.45, 7) is 2.37. The number of primary amides is 1. The summed E-state index contributed by atoms with van der Waals surface area (Å²) in [6.07, 6.45) is 0.270. The smallest absolute Gasteiger partial charge is 0.234 e. The van der Waals surface area contributed by atoms with Crippen LogP contribution in [0.25, 0.3) is 0 Å². The van der Waals surface area contributed by atoms with Crippen LogP contribution in [0, 0.1) is 0 Å². The molecule has 0 saturated carbocycles. The molecule has 8 nitrogen and oxygen atoms in total. The van der Waals surface area contributed by atoms with E-state index < -0.39 is 11.4 Å². The number of rotatable bonds is 8. The molecule has 1 aromatic carbocycles. The number of carbonyl (C=O) groups excluding carboxylic acids is 3. The molecule has 0 aliphatic carbocycles. The Labute approximate surface area is 150 Å². The van der Waals surface area contributed by atoms with Crippen molar-refractivity contribution < 1.29 is 19.1 Å². The highest BCUT2D eigenvalue weighted by Gasteiger charge is 2.27. The van der Waals surface area contributed by atoms with Crippen molar-refractivity contribution in [2.45, 2.75) is 31.3 Å². The van der Waals surface area contributed by atoms with Gasteiger partial charge in [0.25, 0.3) is 0 Å². The van der Waals surface area contributed by atoms with Crippen LogP contribution in [0.3, 0.4) is 0 Å². The molecule has 2 rings (SSSR count). The van der Waals surface area contributed by atoms with E-state index in [0.29, 0.717) is 18.0 Å². The van der Waals surface area contributed by atoms with Crippen LogP contribution in [0.15, 0.2) is 24.3 Å². The van der Waals surface area contributed by atoms with Crippen molar-refractivity contribution in [2.75, 3.05) is 17.7 Å². The van der Waals surface area contributed by atoms with E-state index >= 15 is 0 Å². The molecule has 0 aromatic heterocycles. The quantitative estimate of drug-likeness (QED) is 0.528. The van der Waals surface area contributed by atoms with Crippen LogP contribution in [0.1, 0.15) is 19.8 Å². The maximum Gasteiger partial charge on any atom is 0.234 e. The van der Waals surface area contributed by atoms with Gasteiger partial charge in [-0.3, -0.25) is 19.7 Å². The number of para-hydroxylation sites is 2. The minimum atomic E-state index is -0.471. The monoisotopic (exact) mass is 366 g/mol. The summed E-state index contributed by atoms with van der Waals surface area (Å²) >= 11 is 1.23. The van der Waals surface area contributed by atoms with Gasteiger partial charge in [0, 0.05) is 18.9 Å². The predicted octanol–water partition coefficient (Wildman–Crippen LogP) is 0.394. The highest BCUT2D eigenvalue weighted by atomic mass is 32.2. The number of nitrogens with one attached hydrogen (secondary N) is 3. The summed E-state index contributed by atoms with van der Waals surface area (Å²) in [5, 5.41) is 8.61. The molecule has 0 spiro atoms. The first-order valence-electron chi connectivity index (χ1n) is 7.95. The first-order valence-corrected chi connectivity index (χ1v) is 8.99. The summed E-state index contributed by atoms with van der Waals surface area (Å²) in [4.78, 5) is 34.8. The first-order chi connectivity index (χ1) is 12.0. The van der Waals surface area contributed by atoms with Gasteiger partial charge in [0.2, 0.25) is 17.7 Å². The molecule has 5 N–H and O–H groups in total. The zero-order chi connectivity index (χ0) is 18.2. The van der Waals surface area contributed by atoms with Crippen molar-refractivity contribution in [1.29, 1.82) is 0 Å². The zero-order valence-electron chi connectivity index (χ0n) is 13.9. The van der Waals surface area contributed by atoms with Gasteiger partial charge < -0.3 is 21.1 Å². The van der Waals surface area contributed by atoms with Gasteiger partial charge in [-0.05, 0) is 19.1 Å². The van der Waals surface area contributed by atoms with Gasteiger partial charge in [0.1, 0.15) is 11.2 Å². The maximum absolute atomic E-state index is 12.2. The van der Waals surface area contributed by atoms with Crippen LogP contribution in [-0.2, 0) is 14.4 Å². The molecule has 9 heteroatoms. The topological polar surface area (TPSA) is 123 Å². The van der Waals surface area contributed by atoms with E-state index in [0.717, 1.165) is 0 Å². The molecule has 1 saturated heterocycles. The summed E-state index contributed by atoms with van der Waals surface area (Å²) in [6, 6.07) is 6.87. The molecule has 0 radical (unpaired) electrons. The molecule has 2 unspecified atom stereocenters. The highest BCUT2D eigenvalue weighted by Crippen LogP contribution is 2.24. The molecule has 0 bridgehead atoms. The van der Waals surface area contributed by atoms with Crippen LogP contribution < -0.4 is 26.4 Å². The third kappa shape index (κ3) is 6.28.